The zero-order chi connectivity index (χ0) is 16.2. The standard InChI is InChI=1S/C14H24N4O3S/c1-10-13(11(2)18-17-10)22(20,21)16-9-8-15-14(19)12-6-4-3-5-7-12/h12,16H,3-9H2,1-2H3,(H,15,19)(H,17,18). The van der Waals surface area contributed by atoms with Gasteiger partial charge in [-0.25, -0.2) is 13.1 Å². The number of nitrogens with zero attached hydrogens (tertiary/aromatic N) is 1. The molecule has 0 atom stereocenters. The molecule has 2 rings (SSSR count). The minimum absolute atomic E-state index is 0.0366. The van der Waals surface area contributed by atoms with Crippen LogP contribution in [0.3, 0.4) is 0 Å². The Balaban J connectivity index is 1.79. The predicted octanol–water partition coefficient (Wildman–Crippen LogP) is 1.00. The molecule has 0 spiro atoms. The van der Waals surface area contributed by atoms with Crippen molar-refractivity contribution in [2.24, 2.45) is 5.92 Å². The third-order valence-electron chi connectivity index (χ3n) is 4.02. The van der Waals surface area contributed by atoms with Gasteiger partial charge in [0.2, 0.25) is 15.9 Å². The molecule has 22 heavy (non-hydrogen) atoms. The zero-order valence-corrected chi connectivity index (χ0v) is 13.9. The molecular weight excluding hydrogens is 304 g/mol. The Kier molecular flexibility index (Phi) is 5.57. The highest BCUT2D eigenvalue weighted by Gasteiger charge is 2.23. The highest BCUT2D eigenvalue weighted by molar-refractivity contribution is 7.89. The van der Waals surface area contributed by atoms with Crippen molar-refractivity contribution in [2.45, 2.75) is 50.8 Å². The molecule has 1 aliphatic rings. The molecule has 0 unspecified atom stereocenters. The zero-order valence-electron chi connectivity index (χ0n) is 13.1. The highest BCUT2D eigenvalue weighted by Crippen LogP contribution is 2.23. The largest absolute Gasteiger partial charge is 0.355 e. The maximum absolute atomic E-state index is 12.2. The number of nitrogens with one attached hydrogen (secondary N) is 3. The smallest absolute Gasteiger partial charge is 0.244 e. The van der Waals surface area contributed by atoms with E-state index in [0.717, 1.165) is 25.7 Å². The van der Waals surface area contributed by atoms with Gasteiger partial charge in [0, 0.05) is 19.0 Å². The Bertz CT molecular complexity index is 599. The average Bonchev–Trinajstić information content (AvgIpc) is 2.84. The first kappa shape index (κ1) is 17.0. The molecule has 124 valence electrons. The number of carbonyl (C=O) groups is 1. The van der Waals surface area contributed by atoms with Gasteiger partial charge in [-0.1, -0.05) is 19.3 Å². The van der Waals surface area contributed by atoms with Crippen molar-refractivity contribution < 1.29 is 13.2 Å². The maximum atomic E-state index is 12.2. The fourth-order valence-corrected chi connectivity index (χ4v) is 4.29. The summed E-state index contributed by atoms with van der Waals surface area (Å²) < 4.78 is 26.9. The number of sulfonamides is 1. The molecule has 8 heteroatoms. The summed E-state index contributed by atoms with van der Waals surface area (Å²) in [4.78, 5) is 12.1. The summed E-state index contributed by atoms with van der Waals surface area (Å²) in [6.07, 6.45) is 5.27. The molecule has 7 nitrogen and oxygen atoms in total. The van der Waals surface area contributed by atoms with Crippen molar-refractivity contribution in [2.75, 3.05) is 13.1 Å². The van der Waals surface area contributed by atoms with Crippen LogP contribution in [0.25, 0.3) is 0 Å². The molecule has 1 heterocycles. The molecule has 1 aromatic heterocycles. The van der Waals surface area contributed by atoms with Gasteiger partial charge >= 0.3 is 0 Å². The lowest BCUT2D eigenvalue weighted by atomic mass is 9.89. The van der Waals surface area contributed by atoms with Gasteiger partial charge in [0.1, 0.15) is 4.90 Å². The van der Waals surface area contributed by atoms with Crippen LogP contribution in [0.4, 0.5) is 0 Å². The molecule has 0 saturated heterocycles. The lowest BCUT2D eigenvalue weighted by Gasteiger charge is -2.20. The number of hydrogen-bond donors (Lipinski definition) is 3. The van der Waals surface area contributed by atoms with E-state index in [0.29, 0.717) is 17.9 Å². The molecule has 0 aliphatic heterocycles. The van der Waals surface area contributed by atoms with Crippen LogP contribution in [-0.4, -0.2) is 37.6 Å². The summed E-state index contributed by atoms with van der Waals surface area (Å²) in [5.74, 6) is 0.123. The number of aromatic nitrogens is 2. The van der Waals surface area contributed by atoms with E-state index in [1.165, 1.54) is 6.42 Å². The van der Waals surface area contributed by atoms with Crippen molar-refractivity contribution in [3.8, 4) is 0 Å². The van der Waals surface area contributed by atoms with Gasteiger partial charge in [-0.05, 0) is 26.7 Å². The second-order valence-corrected chi connectivity index (χ2v) is 7.49. The summed E-state index contributed by atoms with van der Waals surface area (Å²) >= 11 is 0. The summed E-state index contributed by atoms with van der Waals surface area (Å²) in [6, 6.07) is 0. The Morgan fingerprint density at radius 1 is 1.23 bits per heavy atom. The molecule has 0 bridgehead atoms. The van der Waals surface area contributed by atoms with Crippen molar-refractivity contribution in [1.82, 2.24) is 20.2 Å². The van der Waals surface area contributed by atoms with E-state index in [-0.39, 0.29) is 23.3 Å². The van der Waals surface area contributed by atoms with Gasteiger partial charge in [0.15, 0.2) is 0 Å². The second kappa shape index (κ2) is 7.23. The van der Waals surface area contributed by atoms with E-state index >= 15 is 0 Å². The lowest BCUT2D eigenvalue weighted by Crippen LogP contribution is -2.38. The number of amides is 1. The number of aromatic amines is 1. The molecule has 0 radical (unpaired) electrons. The number of rotatable bonds is 6. The first-order valence-electron chi connectivity index (χ1n) is 7.71. The summed E-state index contributed by atoms with van der Waals surface area (Å²) in [5.41, 5.74) is 0.951. The Morgan fingerprint density at radius 3 is 2.50 bits per heavy atom. The molecule has 1 amide bonds. The molecule has 3 N–H and O–H groups in total. The molecule has 1 saturated carbocycles. The van der Waals surface area contributed by atoms with E-state index in [2.05, 4.69) is 20.2 Å². The van der Waals surface area contributed by atoms with Crippen LogP contribution in [0.2, 0.25) is 0 Å². The second-order valence-electron chi connectivity index (χ2n) is 5.79. The first-order valence-corrected chi connectivity index (χ1v) is 9.19. The minimum atomic E-state index is -3.60. The lowest BCUT2D eigenvalue weighted by molar-refractivity contribution is -0.125. The Labute approximate surface area is 131 Å². The van der Waals surface area contributed by atoms with Crippen LogP contribution in [0.1, 0.15) is 43.5 Å². The average molecular weight is 328 g/mol. The third-order valence-corrected chi connectivity index (χ3v) is 5.74. The van der Waals surface area contributed by atoms with E-state index in [9.17, 15) is 13.2 Å². The SMILES string of the molecule is Cc1n[nH]c(C)c1S(=O)(=O)NCCNC(=O)C1CCCCC1. The fraction of sp³-hybridized carbons (Fsp3) is 0.714. The van der Waals surface area contributed by atoms with E-state index < -0.39 is 10.0 Å². The number of carbonyl (C=O) groups excluding carboxylic acids is 1. The normalized spacial score (nSPS) is 16.6. The molecule has 1 aromatic rings. The van der Waals surface area contributed by atoms with Gasteiger partial charge in [0.05, 0.1) is 11.4 Å². The molecular formula is C14H24N4O3S. The monoisotopic (exact) mass is 328 g/mol. The van der Waals surface area contributed by atoms with Gasteiger partial charge in [0.25, 0.3) is 0 Å². The first-order chi connectivity index (χ1) is 10.4. The van der Waals surface area contributed by atoms with Crippen LogP contribution in [0.5, 0.6) is 0 Å². The van der Waals surface area contributed by atoms with Crippen LogP contribution in [0.15, 0.2) is 4.90 Å². The summed E-state index contributed by atoms with van der Waals surface area (Å²) in [6.45, 7) is 3.78. The fourth-order valence-electron chi connectivity index (χ4n) is 2.89. The van der Waals surface area contributed by atoms with Crippen LogP contribution < -0.4 is 10.0 Å². The maximum Gasteiger partial charge on any atom is 0.244 e. The molecule has 1 fully saturated rings. The van der Waals surface area contributed by atoms with E-state index in [1.54, 1.807) is 13.8 Å². The number of aryl methyl sites for hydroxylation is 2. The van der Waals surface area contributed by atoms with E-state index in [4.69, 9.17) is 0 Å². The minimum Gasteiger partial charge on any atom is -0.355 e. The van der Waals surface area contributed by atoms with Gasteiger partial charge in [-0.2, -0.15) is 5.10 Å². The molecule has 1 aliphatic carbocycles. The molecule has 0 aromatic carbocycles. The number of hydrogen-bond acceptors (Lipinski definition) is 4. The van der Waals surface area contributed by atoms with Crippen LogP contribution in [0, 0.1) is 19.8 Å². The van der Waals surface area contributed by atoms with Crippen LogP contribution >= 0.6 is 0 Å². The Hall–Kier alpha value is -1.41. The van der Waals surface area contributed by atoms with Gasteiger partial charge < -0.3 is 5.32 Å². The quantitative estimate of drug-likeness (QED) is 0.678. The summed E-state index contributed by atoms with van der Waals surface area (Å²) in [5, 5.41) is 9.35. The van der Waals surface area contributed by atoms with E-state index in [1.807, 2.05) is 0 Å². The third kappa shape index (κ3) is 4.07. The van der Waals surface area contributed by atoms with Gasteiger partial charge in [-0.15, -0.1) is 0 Å². The summed E-state index contributed by atoms with van der Waals surface area (Å²) in [7, 11) is -3.60. The van der Waals surface area contributed by atoms with Crippen molar-refractivity contribution >= 4 is 15.9 Å². The van der Waals surface area contributed by atoms with Crippen molar-refractivity contribution in [3.63, 3.8) is 0 Å². The topological polar surface area (TPSA) is 104 Å². The van der Waals surface area contributed by atoms with Crippen molar-refractivity contribution in [3.05, 3.63) is 11.4 Å². The van der Waals surface area contributed by atoms with Crippen LogP contribution in [-0.2, 0) is 14.8 Å². The van der Waals surface area contributed by atoms with Gasteiger partial charge in [-0.3, -0.25) is 9.89 Å². The Morgan fingerprint density at radius 2 is 1.91 bits per heavy atom. The predicted molar refractivity (Wildman–Crippen MR) is 82.8 cm³/mol. The highest BCUT2D eigenvalue weighted by atomic mass is 32.2. The van der Waals surface area contributed by atoms with Crippen molar-refractivity contribution in [1.29, 1.82) is 0 Å². The number of H-pyrrole nitrogens is 1.